The molecule has 0 unspecified atom stereocenters. The van der Waals surface area contributed by atoms with Gasteiger partial charge in [0.15, 0.2) is 0 Å². The molecule has 3 heterocycles. The maximum absolute atomic E-state index is 12.1. The van der Waals surface area contributed by atoms with Gasteiger partial charge >= 0.3 is 0 Å². The third-order valence-corrected chi connectivity index (χ3v) is 6.02. The molecule has 3 rings (SSSR count). The fourth-order valence-electron chi connectivity index (χ4n) is 2.27. The fraction of sp³-hybridized carbons (Fsp3) is 0.438. The van der Waals surface area contributed by atoms with Crippen molar-refractivity contribution in [3.05, 3.63) is 49.3 Å². The summed E-state index contributed by atoms with van der Waals surface area (Å²) in [5.74, 6) is 2.28. The smallest absolute Gasteiger partial charge is 0.255 e. The van der Waals surface area contributed by atoms with E-state index in [9.17, 15) is 4.79 Å². The topological polar surface area (TPSA) is 99.7 Å². The van der Waals surface area contributed by atoms with Gasteiger partial charge in [-0.15, -0.1) is 16.4 Å². The zero-order chi connectivity index (χ0) is 19.1. The quantitative estimate of drug-likeness (QED) is 0.478. The van der Waals surface area contributed by atoms with Crippen LogP contribution in [0.2, 0.25) is 0 Å². The van der Waals surface area contributed by atoms with E-state index in [-0.39, 0.29) is 5.56 Å². The van der Waals surface area contributed by atoms with Crippen molar-refractivity contribution < 1.29 is 0 Å². The first-order valence-electron chi connectivity index (χ1n) is 8.34. The number of hydrogen-bond acceptors (Lipinski definition) is 10. The van der Waals surface area contributed by atoms with Crippen LogP contribution in [0.15, 0.2) is 22.6 Å². The molecule has 0 fully saturated rings. The first kappa shape index (κ1) is 19.9. The molecular weight excluding hydrogens is 402 g/mol. The molecule has 3 aromatic rings. The number of H-pyrrole nitrogens is 1. The zero-order valence-corrected chi connectivity index (χ0v) is 17.6. The van der Waals surface area contributed by atoms with E-state index in [0.717, 1.165) is 40.2 Å². The summed E-state index contributed by atoms with van der Waals surface area (Å²) >= 11 is 4.79. The number of anilines is 1. The molecule has 0 spiro atoms. The van der Waals surface area contributed by atoms with Crippen molar-refractivity contribution in [3.63, 3.8) is 0 Å². The third-order valence-electron chi connectivity index (χ3n) is 3.48. The van der Waals surface area contributed by atoms with Crippen molar-refractivity contribution in [2.75, 3.05) is 31.7 Å². The summed E-state index contributed by atoms with van der Waals surface area (Å²) in [6.45, 7) is 1.60. The van der Waals surface area contributed by atoms with Crippen LogP contribution in [0, 0.1) is 0 Å². The van der Waals surface area contributed by atoms with E-state index in [1.165, 1.54) is 11.5 Å². The van der Waals surface area contributed by atoms with Crippen molar-refractivity contribution in [2.24, 2.45) is 0 Å². The second-order valence-electron chi connectivity index (χ2n) is 6.10. The normalized spacial score (nSPS) is 11.2. The largest absolute Gasteiger partial charge is 0.355 e. The predicted molar refractivity (Wildman–Crippen MR) is 112 cm³/mol. The second kappa shape index (κ2) is 9.93. The van der Waals surface area contributed by atoms with Crippen molar-refractivity contribution >= 4 is 40.6 Å². The van der Waals surface area contributed by atoms with Crippen LogP contribution >= 0.6 is 34.6 Å². The van der Waals surface area contributed by atoms with Gasteiger partial charge in [-0.3, -0.25) is 9.78 Å². The molecule has 0 saturated heterocycles. The van der Waals surface area contributed by atoms with Crippen molar-refractivity contribution in [2.45, 2.75) is 18.7 Å². The summed E-state index contributed by atoms with van der Waals surface area (Å²) in [7, 11) is 4.09. The number of rotatable bonds is 10. The molecule has 144 valence electrons. The third kappa shape index (κ3) is 6.38. The van der Waals surface area contributed by atoms with Gasteiger partial charge < -0.3 is 10.2 Å². The number of thioether (sulfide) groups is 1. The number of aromatic nitrogens is 5. The van der Waals surface area contributed by atoms with Crippen LogP contribution in [0.1, 0.15) is 21.1 Å². The van der Waals surface area contributed by atoms with E-state index in [1.54, 1.807) is 35.5 Å². The Balaban J connectivity index is 1.39. The number of nitrogens with zero attached hydrogens (tertiary/aromatic N) is 5. The van der Waals surface area contributed by atoms with Gasteiger partial charge in [0, 0.05) is 48.2 Å². The molecule has 0 aromatic carbocycles. The Morgan fingerprint density at radius 1 is 1.33 bits per heavy atom. The average Bonchev–Trinajstić information content (AvgIpc) is 3.28. The number of hydrogen-bond donors (Lipinski definition) is 2. The molecule has 3 aromatic heterocycles. The van der Waals surface area contributed by atoms with Crippen LogP contribution in [-0.4, -0.2) is 55.8 Å². The number of aromatic amines is 1. The van der Waals surface area contributed by atoms with E-state index in [0.29, 0.717) is 17.9 Å². The van der Waals surface area contributed by atoms with Crippen LogP contribution in [0.3, 0.4) is 0 Å². The molecule has 0 atom stereocenters. The summed E-state index contributed by atoms with van der Waals surface area (Å²) in [5.41, 5.74) is 1.60. The van der Waals surface area contributed by atoms with E-state index < -0.39 is 0 Å². The Morgan fingerprint density at radius 2 is 2.22 bits per heavy atom. The summed E-state index contributed by atoms with van der Waals surface area (Å²) in [5, 5.41) is 10.2. The van der Waals surface area contributed by atoms with Crippen LogP contribution in [-0.2, 0) is 18.7 Å². The van der Waals surface area contributed by atoms with E-state index in [1.807, 2.05) is 14.1 Å². The van der Waals surface area contributed by atoms with Gasteiger partial charge in [-0.1, -0.05) is 4.49 Å². The molecular formula is C16H21N7OS3. The molecule has 2 N–H and O–H groups in total. The minimum absolute atomic E-state index is 0.135. The van der Waals surface area contributed by atoms with Crippen molar-refractivity contribution in [1.29, 1.82) is 0 Å². The second-order valence-corrected chi connectivity index (χ2v) is 9.01. The molecule has 8 nitrogen and oxygen atoms in total. The van der Waals surface area contributed by atoms with Crippen LogP contribution in [0.4, 0.5) is 5.95 Å². The summed E-state index contributed by atoms with van der Waals surface area (Å²) < 4.78 is 3.80. The highest BCUT2D eigenvalue weighted by molar-refractivity contribution is 7.98. The summed E-state index contributed by atoms with van der Waals surface area (Å²) in [6, 6.07) is 0. The molecule has 0 aliphatic rings. The van der Waals surface area contributed by atoms with Crippen molar-refractivity contribution in [1.82, 2.24) is 29.4 Å². The Hall–Kier alpha value is -1.82. The van der Waals surface area contributed by atoms with Gasteiger partial charge in [0.2, 0.25) is 5.95 Å². The molecule has 0 aliphatic carbocycles. The monoisotopic (exact) mass is 423 g/mol. The van der Waals surface area contributed by atoms with Gasteiger partial charge in [0.25, 0.3) is 5.56 Å². The molecule has 0 saturated carbocycles. The molecule has 0 amide bonds. The Bertz CT molecular complexity index is 892. The number of nitrogens with one attached hydrogen (secondary N) is 2. The van der Waals surface area contributed by atoms with Gasteiger partial charge in [0.05, 0.1) is 16.8 Å². The van der Waals surface area contributed by atoms with E-state index in [2.05, 4.69) is 40.1 Å². The molecule has 0 aliphatic heterocycles. The lowest BCUT2D eigenvalue weighted by molar-refractivity contribution is 0.401. The molecule has 27 heavy (non-hydrogen) atoms. The minimum Gasteiger partial charge on any atom is -0.355 e. The molecule has 0 bridgehead atoms. The Labute approximate surface area is 169 Å². The van der Waals surface area contributed by atoms with E-state index in [4.69, 9.17) is 0 Å². The lowest BCUT2D eigenvalue weighted by Gasteiger charge is -2.06. The first-order valence-corrected chi connectivity index (χ1v) is 11.1. The highest BCUT2D eigenvalue weighted by Crippen LogP contribution is 2.16. The van der Waals surface area contributed by atoms with Crippen LogP contribution in [0.5, 0.6) is 0 Å². The maximum Gasteiger partial charge on any atom is 0.255 e. The van der Waals surface area contributed by atoms with Crippen LogP contribution < -0.4 is 10.9 Å². The van der Waals surface area contributed by atoms with Crippen LogP contribution in [0.25, 0.3) is 0 Å². The molecule has 0 radical (unpaired) electrons. The van der Waals surface area contributed by atoms with Gasteiger partial charge in [-0.2, -0.15) is 11.8 Å². The fourth-order valence-corrected chi connectivity index (χ4v) is 4.54. The highest BCUT2D eigenvalue weighted by Gasteiger charge is 2.06. The molecule has 11 heteroatoms. The lowest BCUT2D eigenvalue weighted by Crippen LogP contribution is -2.18. The minimum atomic E-state index is -0.135. The first-order chi connectivity index (χ1) is 13.1. The predicted octanol–water partition coefficient (Wildman–Crippen LogP) is 2.08. The lowest BCUT2D eigenvalue weighted by atomic mass is 10.2. The Morgan fingerprint density at radius 3 is 2.96 bits per heavy atom. The summed E-state index contributed by atoms with van der Waals surface area (Å²) in [6.07, 6.45) is 3.77. The highest BCUT2D eigenvalue weighted by atomic mass is 32.2. The van der Waals surface area contributed by atoms with Gasteiger partial charge in [-0.05, 0) is 25.6 Å². The standard InChI is InChI=1S/C16H21N7OS3/c1-23(2)8-14-20-12(10-26-14)9-25-4-3-17-16-18-6-11(15(24)21-16)5-13-7-19-22-27-13/h6-7,10H,3-5,8-9H2,1-2H3,(H2,17,18,21,24). The maximum atomic E-state index is 12.1. The average molecular weight is 424 g/mol. The number of thiazole rings is 1. The van der Waals surface area contributed by atoms with Gasteiger partial charge in [0.1, 0.15) is 5.01 Å². The van der Waals surface area contributed by atoms with Gasteiger partial charge in [-0.25, -0.2) is 9.97 Å². The zero-order valence-electron chi connectivity index (χ0n) is 15.1. The Kier molecular flexibility index (Phi) is 7.33. The van der Waals surface area contributed by atoms with E-state index >= 15 is 0 Å². The summed E-state index contributed by atoms with van der Waals surface area (Å²) in [4.78, 5) is 26.9. The SMILES string of the molecule is CN(C)Cc1nc(CSCCNc2ncc(Cc3cnns3)c(=O)[nH]2)cs1. The van der Waals surface area contributed by atoms with Crippen molar-refractivity contribution in [3.8, 4) is 0 Å².